The third-order valence-electron chi connectivity index (χ3n) is 3.99. The Morgan fingerprint density at radius 1 is 1.31 bits per heavy atom. The highest BCUT2D eigenvalue weighted by Gasteiger charge is 2.07. The minimum absolute atomic E-state index is 0. The van der Waals surface area contributed by atoms with Crippen molar-refractivity contribution in [3.05, 3.63) is 12.2 Å². The topological polar surface area (TPSA) is 76.4 Å². The molecule has 0 bridgehead atoms. The van der Waals surface area contributed by atoms with Crippen molar-refractivity contribution < 1.29 is 4.74 Å². The zero-order valence-corrected chi connectivity index (χ0v) is 19.3. The molecule has 1 heterocycles. The van der Waals surface area contributed by atoms with Gasteiger partial charge >= 0.3 is 0 Å². The number of aromatic nitrogens is 3. The number of aliphatic imine (C=N–C) groups is 1. The molecule has 0 radical (unpaired) electrons. The van der Waals surface area contributed by atoms with Crippen LogP contribution in [-0.4, -0.2) is 53.6 Å². The molecule has 0 aromatic carbocycles. The number of rotatable bonds is 12. The summed E-state index contributed by atoms with van der Waals surface area (Å²) in [5.74, 6) is 2.61. The molecule has 0 saturated carbocycles. The first kappa shape index (κ1) is 25.1. The van der Waals surface area contributed by atoms with Crippen LogP contribution < -0.4 is 10.6 Å². The van der Waals surface area contributed by atoms with Crippen molar-refractivity contribution in [3.8, 4) is 0 Å². The monoisotopic (exact) mass is 480 g/mol. The molecule has 152 valence electrons. The zero-order valence-electron chi connectivity index (χ0n) is 17.0. The summed E-state index contributed by atoms with van der Waals surface area (Å²) in [5, 5.41) is 15.0. The maximum Gasteiger partial charge on any atom is 0.191 e. The van der Waals surface area contributed by atoms with E-state index in [-0.39, 0.29) is 24.0 Å². The van der Waals surface area contributed by atoms with Gasteiger partial charge in [0.1, 0.15) is 12.2 Å². The normalized spacial score (nSPS) is 12.8. The summed E-state index contributed by atoms with van der Waals surface area (Å²) < 4.78 is 7.18. The van der Waals surface area contributed by atoms with Gasteiger partial charge in [-0.25, -0.2) is 0 Å². The van der Waals surface area contributed by atoms with Crippen molar-refractivity contribution in [1.29, 1.82) is 0 Å². The minimum atomic E-state index is 0. The highest BCUT2D eigenvalue weighted by molar-refractivity contribution is 14.0. The highest BCUT2D eigenvalue weighted by atomic mass is 127. The predicted molar refractivity (Wildman–Crippen MR) is 118 cm³/mol. The SMILES string of the molecule is CCc1nncn1CCNC(=NCCCOC)NC(C)CCC(C)C.I. The zero-order chi connectivity index (χ0) is 18.5. The Morgan fingerprint density at radius 3 is 2.73 bits per heavy atom. The first-order valence-corrected chi connectivity index (χ1v) is 9.47. The first-order chi connectivity index (χ1) is 12.1. The molecule has 1 rings (SSSR count). The number of methoxy groups -OCH3 is 1. The van der Waals surface area contributed by atoms with Crippen molar-refractivity contribution in [1.82, 2.24) is 25.4 Å². The maximum absolute atomic E-state index is 5.10. The highest BCUT2D eigenvalue weighted by Crippen LogP contribution is 2.06. The molecule has 7 nitrogen and oxygen atoms in total. The number of ether oxygens (including phenoxy) is 1. The van der Waals surface area contributed by atoms with E-state index in [1.54, 1.807) is 13.4 Å². The van der Waals surface area contributed by atoms with Crippen LogP contribution in [0.5, 0.6) is 0 Å². The van der Waals surface area contributed by atoms with Gasteiger partial charge in [-0.15, -0.1) is 34.2 Å². The molecule has 26 heavy (non-hydrogen) atoms. The third-order valence-corrected chi connectivity index (χ3v) is 3.99. The molecule has 1 aromatic rings. The molecule has 0 aliphatic rings. The summed E-state index contributed by atoms with van der Waals surface area (Å²) in [5.41, 5.74) is 0. The fourth-order valence-corrected chi connectivity index (χ4v) is 2.48. The van der Waals surface area contributed by atoms with E-state index in [4.69, 9.17) is 4.74 Å². The van der Waals surface area contributed by atoms with Crippen LogP contribution in [0.15, 0.2) is 11.3 Å². The van der Waals surface area contributed by atoms with E-state index in [1.807, 2.05) is 0 Å². The van der Waals surface area contributed by atoms with Crippen LogP contribution in [0.4, 0.5) is 0 Å². The molecule has 0 spiro atoms. The summed E-state index contributed by atoms with van der Waals surface area (Å²) in [6, 6.07) is 0.400. The van der Waals surface area contributed by atoms with E-state index in [9.17, 15) is 0 Å². The van der Waals surface area contributed by atoms with E-state index in [2.05, 4.69) is 58.1 Å². The van der Waals surface area contributed by atoms with E-state index in [0.29, 0.717) is 6.04 Å². The third kappa shape index (κ3) is 10.9. The van der Waals surface area contributed by atoms with Crippen LogP contribution in [0, 0.1) is 5.92 Å². The molecular weight excluding hydrogens is 443 g/mol. The number of nitrogens with zero attached hydrogens (tertiary/aromatic N) is 4. The van der Waals surface area contributed by atoms with Crippen molar-refractivity contribution in [2.75, 3.05) is 26.8 Å². The van der Waals surface area contributed by atoms with E-state index >= 15 is 0 Å². The molecule has 2 N–H and O–H groups in total. The quantitative estimate of drug-likeness (QED) is 0.208. The number of halogens is 1. The molecule has 1 unspecified atom stereocenters. The van der Waals surface area contributed by atoms with Crippen molar-refractivity contribution in [2.24, 2.45) is 10.9 Å². The van der Waals surface area contributed by atoms with Crippen molar-refractivity contribution in [3.63, 3.8) is 0 Å². The molecule has 8 heteroatoms. The maximum atomic E-state index is 5.10. The lowest BCUT2D eigenvalue weighted by molar-refractivity contribution is 0.197. The Morgan fingerprint density at radius 2 is 2.08 bits per heavy atom. The Balaban J connectivity index is 0.00000625. The lowest BCUT2D eigenvalue weighted by Gasteiger charge is -2.19. The predicted octanol–water partition coefficient (Wildman–Crippen LogP) is 2.85. The Bertz CT molecular complexity index is 492. The summed E-state index contributed by atoms with van der Waals surface area (Å²) in [4.78, 5) is 4.66. The van der Waals surface area contributed by atoms with Gasteiger partial charge in [0.2, 0.25) is 0 Å². The van der Waals surface area contributed by atoms with Gasteiger partial charge in [0, 0.05) is 45.8 Å². The first-order valence-electron chi connectivity index (χ1n) is 9.47. The second-order valence-corrected chi connectivity index (χ2v) is 6.81. The molecule has 0 amide bonds. The second kappa shape index (κ2) is 15.2. The lowest BCUT2D eigenvalue weighted by Crippen LogP contribution is -2.43. The fourth-order valence-electron chi connectivity index (χ4n) is 2.48. The average Bonchev–Trinajstić information content (AvgIpc) is 3.04. The molecular formula is C18H37IN6O. The molecule has 0 aliphatic carbocycles. The summed E-state index contributed by atoms with van der Waals surface area (Å²) in [6.45, 7) is 11.9. The van der Waals surface area contributed by atoms with Gasteiger partial charge in [-0.3, -0.25) is 4.99 Å². The fraction of sp³-hybridized carbons (Fsp3) is 0.833. The summed E-state index contributed by atoms with van der Waals surface area (Å²) in [6.07, 6.45) is 5.96. The van der Waals surface area contributed by atoms with E-state index < -0.39 is 0 Å². The standard InChI is InChI=1S/C18H36N6O.HI/c1-6-17-23-21-14-24(17)12-11-20-18(19-10-7-13-25-5)22-16(4)9-8-15(2)3;/h14-16H,6-13H2,1-5H3,(H2,19,20,22);1H. The van der Waals surface area contributed by atoms with Crippen LogP contribution in [0.2, 0.25) is 0 Å². The van der Waals surface area contributed by atoms with Gasteiger partial charge in [-0.2, -0.15) is 0 Å². The number of nitrogens with one attached hydrogen (secondary N) is 2. The van der Waals surface area contributed by atoms with Gasteiger partial charge in [0.15, 0.2) is 5.96 Å². The average molecular weight is 480 g/mol. The van der Waals surface area contributed by atoms with Crippen LogP contribution in [0.25, 0.3) is 0 Å². The van der Waals surface area contributed by atoms with Crippen LogP contribution >= 0.6 is 24.0 Å². The minimum Gasteiger partial charge on any atom is -0.385 e. The summed E-state index contributed by atoms with van der Waals surface area (Å²) in [7, 11) is 1.72. The Kier molecular flexibility index (Phi) is 14.7. The Labute approximate surface area is 175 Å². The lowest BCUT2D eigenvalue weighted by atomic mass is 10.0. The van der Waals surface area contributed by atoms with E-state index in [0.717, 1.165) is 63.2 Å². The molecule has 0 aliphatic heterocycles. The smallest absolute Gasteiger partial charge is 0.191 e. The molecule has 0 fully saturated rings. The molecule has 0 saturated heterocycles. The van der Waals surface area contributed by atoms with Crippen LogP contribution in [0.1, 0.15) is 52.8 Å². The van der Waals surface area contributed by atoms with Gasteiger partial charge < -0.3 is 19.9 Å². The van der Waals surface area contributed by atoms with Gasteiger partial charge in [0.05, 0.1) is 0 Å². The van der Waals surface area contributed by atoms with E-state index in [1.165, 1.54) is 6.42 Å². The second-order valence-electron chi connectivity index (χ2n) is 6.81. The number of aryl methyl sites for hydroxylation is 1. The largest absolute Gasteiger partial charge is 0.385 e. The van der Waals surface area contributed by atoms with Crippen molar-refractivity contribution >= 4 is 29.9 Å². The van der Waals surface area contributed by atoms with Crippen molar-refractivity contribution in [2.45, 2.75) is 66.0 Å². The van der Waals surface area contributed by atoms with Gasteiger partial charge in [-0.05, 0) is 32.1 Å². The summed E-state index contributed by atoms with van der Waals surface area (Å²) >= 11 is 0. The molecule has 1 aromatic heterocycles. The van der Waals surface area contributed by atoms with Crippen LogP contribution in [-0.2, 0) is 17.7 Å². The molecule has 1 atom stereocenters. The Hall–Kier alpha value is -0.900. The number of hydrogen-bond donors (Lipinski definition) is 2. The number of guanidine groups is 1. The number of hydrogen-bond acceptors (Lipinski definition) is 4. The van der Waals surface area contributed by atoms with Gasteiger partial charge in [0.25, 0.3) is 0 Å². The van der Waals surface area contributed by atoms with Crippen LogP contribution in [0.3, 0.4) is 0 Å². The van der Waals surface area contributed by atoms with Gasteiger partial charge in [-0.1, -0.05) is 20.8 Å².